The zero-order valence-electron chi connectivity index (χ0n) is 13.2. The van der Waals surface area contributed by atoms with E-state index in [4.69, 9.17) is 0 Å². The molecule has 0 bridgehead atoms. The topological polar surface area (TPSA) is 70.2 Å². The number of carbonyl (C=O) groups excluding carboxylic acids is 2. The van der Waals surface area contributed by atoms with Gasteiger partial charge in [-0.1, -0.05) is 31.4 Å². The lowest BCUT2D eigenvalue weighted by molar-refractivity contribution is -0.114. The summed E-state index contributed by atoms with van der Waals surface area (Å²) in [6.45, 7) is 2.10. The largest absolute Gasteiger partial charge is 0.338 e. The molecule has 0 saturated heterocycles. The maximum Gasteiger partial charge on any atom is 0.315 e. The number of carbonyl (C=O) groups is 2. The van der Waals surface area contributed by atoms with E-state index in [1.165, 1.54) is 26.2 Å². The Morgan fingerprint density at radius 3 is 2.41 bits per heavy atom. The van der Waals surface area contributed by atoms with Crippen molar-refractivity contribution in [2.24, 2.45) is 0 Å². The first-order valence-electron chi connectivity index (χ1n) is 8.04. The van der Waals surface area contributed by atoms with Crippen molar-refractivity contribution in [1.82, 2.24) is 10.6 Å². The first-order chi connectivity index (χ1) is 10.6. The molecule has 1 aromatic rings. The van der Waals surface area contributed by atoms with Crippen molar-refractivity contribution >= 4 is 17.6 Å². The molecule has 22 heavy (non-hydrogen) atoms. The first-order valence-corrected chi connectivity index (χ1v) is 8.04. The molecule has 1 aliphatic rings. The van der Waals surface area contributed by atoms with Gasteiger partial charge in [0, 0.05) is 25.2 Å². The molecule has 0 unspecified atom stereocenters. The van der Waals surface area contributed by atoms with Gasteiger partial charge in [-0.25, -0.2) is 4.79 Å². The molecule has 0 spiro atoms. The van der Waals surface area contributed by atoms with Gasteiger partial charge in [0.15, 0.2) is 0 Å². The number of anilines is 1. The Labute approximate surface area is 131 Å². The standard InChI is InChI=1S/C17H25N3O2/c1-13(21)19-16-9-7-14(8-10-16)11-12-18-17(22)20-15-5-3-2-4-6-15/h7-10,15H,2-6,11-12H2,1H3,(H,19,21)(H2,18,20,22). The van der Waals surface area contributed by atoms with Crippen LogP contribution < -0.4 is 16.0 Å². The molecule has 0 heterocycles. The highest BCUT2D eigenvalue weighted by Crippen LogP contribution is 2.17. The van der Waals surface area contributed by atoms with Gasteiger partial charge in [0.1, 0.15) is 0 Å². The van der Waals surface area contributed by atoms with Gasteiger partial charge in [0.2, 0.25) is 5.91 Å². The molecule has 120 valence electrons. The monoisotopic (exact) mass is 303 g/mol. The lowest BCUT2D eigenvalue weighted by Crippen LogP contribution is -2.43. The Morgan fingerprint density at radius 2 is 1.77 bits per heavy atom. The van der Waals surface area contributed by atoms with Gasteiger partial charge in [0.05, 0.1) is 0 Å². The molecular weight excluding hydrogens is 278 g/mol. The number of urea groups is 1. The second-order valence-corrected chi connectivity index (χ2v) is 5.86. The highest BCUT2D eigenvalue weighted by atomic mass is 16.2. The summed E-state index contributed by atoms with van der Waals surface area (Å²) < 4.78 is 0. The van der Waals surface area contributed by atoms with Crippen LogP contribution in [0.1, 0.15) is 44.6 Å². The Hall–Kier alpha value is -2.04. The number of rotatable bonds is 5. The van der Waals surface area contributed by atoms with E-state index in [9.17, 15) is 9.59 Å². The van der Waals surface area contributed by atoms with Gasteiger partial charge < -0.3 is 16.0 Å². The fraction of sp³-hybridized carbons (Fsp3) is 0.529. The summed E-state index contributed by atoms with van der Waals surface area (Å²) in [7, 11) is 0. The highest BCUT2D eigenvalue weighted by Gasteiger charge is 2.14. The average molecular weight is 303 g/mol. The maximum atomic E-state index is 11.8. The molecule has 0 atom stereocenters. The Kier molecular flexibility index (Phi) is 6.25. The van der Waals surface area contributed by atoms with Gasteiger partial charge in [-0.15, -0.1) is 0 Å². The van der Waals surface area contributed by atoms with Crippen LogP contribution >= 0.6 is 0 Å². The van der Waals surface area contributed by atoms with Crippen LogP contribution in [-0.4, -0.2) is 24.5 Å². The molecule has 0 aliphatic heterocycles. The van der Waals surface area contributed by atoms with E-state index < -0.39 is 0 Å². The maximum absolute atomic E-state index is 11.8. The molecule has 1 aliphatic carbocycles. The van der Waals surface area contributed by atoms with Crippen LogP contribution in [0.4, 0.5) is 10.5 Å². The fourth-order valence-electron chi connectivity index (χ4n) is 2.76. The van der Waals surface area contributed by atoms with Crippen LogP contribution in [0, 0.1) is 0 Å². The molecule has 5 heteroatoms. The predicted molar refractivity (Wildman–Crippen MR) is 87.9 cm³/mol. The number of hydrogen-bond donors (Lipinski definition) is 3. The summed E-state index contributed by atoms with van der Waals surface area (Å²) in [5.74, 6) is -0.0752. The third-order valence-electron chi connectivity index (χ3n) is 3.91. The normalized spacial score (nSPS) is 15.1. The number of nitrogens with one attached hydrogen (secondary N) is 3. The molecule has 1 aromatic carbocycles. The van der Waals surface area contributed by atoms with Crippen LogP contribution in [0.25, 0.3) is 0 Å². The number of hydrogen-bond acceptors (Lipinski definition) is 2. The molecule has 3 N–H and O–H groups in total. The van der Waals surface area contributed by atoms with Crippen molar-refractivity contribution in [3.8, 4) is 0 Å². The lowest BCUT2D eigenvalue weighted by Gasteiger charge is -2.22. The minimum atomic E-state index is -0.0752. The summed E-state index contributed by atoms with van der Waals surface area (Å²) in [4.78, 5) is 22.8. The van der Waals surface area contributed by atoms with Crippen LogP contribution in [0.15, 0.2) is 24.3 Å². The minimum Gasteiger partial charge on any atom is -0.338 e. The second kappa shape index (κ2) is 8.41. The predicted octanol–water partition coefficient (Wildman–Crippen LogP) is 2.82. The van der Waals surface area contributed by atoms with Crippen LogP contribution in [0.2, 0.25) is 0 Å². The van der Waals surface area contributed by atoms with Gasteiger partial charge in [-0.05, 0) is 37.0 Å². The quantitative estimate of drug-likeness (QED) is 0.783. The van der Waals surface area contributed by atoms with Crippen LogP contribution in [0.5, 0.6) is 0 Å². The summed E-state index contributed by atoms with van der Waals surface area (Å²) in [5.41, 5.74) is 1.92. The van der Waals surface area contributed by atoms with E-state index in [-0.39, 0.29) is 11.9 Å². The summed E-state index contributed by atoms with van der Waals surface area (Å²) in [6, 6.07) is 7.95. The van der Waals surface area contributed by atoms with Crippen LogP contribution in [0.3, 0.4) is 0 Å². The van der Waals surface area contributed by atoms with E-state index >= 15 is 0 Å². The zero-order chi connectivity index (χ0) is 15.8. The Balaban J connectivity index is 1.67. The van der Waals surface area contributed by atoms with Crippen molar-refractivity contribution in [2.75, 3.05) is 11.9 Å². The van der Waals surface area contributed by atoms with Crippen molar-refractivity contribution < 1.29 is 9.59 Å². The molecule has 1 saturated carbocycles. The number of amides is 3. The Bertz CT molecular complexity index is 493. The summed E-state index contributed by atoms with van der Waals surface area (Å²) in [5, 5.41) is 8.68. The average Bonchev–Trinajstić information content (AvgIpc) is 2.49. The van der Waals surface area contributed by atoms with E-state index in [0.717, 1.165) is 30.5 Å². The van der Waals surface area contributed by atoms with Gasteiger partial charge >= 0.3 is 6.03 Å². The summed E-state index contributed by atoms with van der Waals surface area (Å²) >= 11 is 0. The van der Waals surface area contributed by atoms with Crippen molar-refractivity contribution in [3.05, 3.63) is 29.8 Å². The molecule has 0 radical (unpaired) electrons. The van der Waals surface area contributed by atoms with Crippen molar-refractivity contribution in [3.63, 3.8) is 0 Å². The van der Waals surface area contributed by atoms with Gasteiger partial charge in [-0.3, -0.25) is 4.79 Å². The second-order valence-electron chi connectivity index (χ2n) is 5.86. The first kappa shape index (κ1) is 16.3. The molecule has 0 aromatic heterocycles. The molecule has 2 rings (SSSR count). The lowest BCUT2D eigenvalue weighted by atomic mass is 9.96. The van der Waals surface area contributed by atoms with E-state index in [1.807, 2.05) is 24.3 Å². The smallest absolute Gasteiger partial charge is 0.315 e. The van der Waals surface area contributed by atoms with E-state index in [2.05, 4.69) is 16.0 Å². The van der Waals surface area contributed by atoms with Crippen molar-refractivity contribution in [2.45, 2.75) is 51.5 Å². The third-order valence-corrected chi connectivity index (χ3v) is 3.91. The SMILES string of the molecule is CC(=O)Nc1ccc(CCNC(=O)NC2CCCCC2)cc1. The van der Waals surface area contributed by atoms with Gasteiger partial charge in [-0.2, -0.15) is 0 Å². The molecule has 3 amide bonds. The molecule has 5 nitrogen and oxygen atoms in total. The minimum absolute atomic E-state index is 0.0678. The number of benzene rings is 1. The van der Waals surface area contributed by atoms with Crippen LogP contribution in [-0.2, 0) is 11.2 Å². The summed E-state index contributed by atoms with van der Waals surface area (Å²) in [6.07, 6.45) is 6.68. The molecule has 1 fully saturated rings. The zero-order valence-corrected chi connectivity index (χ0v) is 13.2. The fourth-order valence-corrected chi connectivity index (χ4v) is 2.76. The highest BCUT2D eigenvalue weighted by molar-refractivity contribution is 5.88. The third kappa shape index (κ3) is 5.76. The van der Waals surface area contributed by atoms with Gasteiger partial charge in [0.25, 0.3) is 0 Å². The van der Waals surface area contributed by atoms with E-state index in [1.54, 1.807) is 0 Å². The molecular formula is C17H25N3O2. The van der Waals surface area contributed by atoms with Crippen molar-refractivity contribution in [1.29, 1.82) is 0 Å². The van der Waals surface area contributed by atoms with E-state index in [0.29, 0.717) is 12.6 Å². The Morgan fingerprint density at radius 1 is 1.09 bits per heavy atom.